The number of ether oxygens (including phenoxy) is 1. The first-order chi connectivity index (χ1) is 13.4. The molecule has 0 atom stereocenters. The predicted octanol–water partition coefficient (Wildman–Crippen LogP) is 2.00. The van der Waals surface area contributed by atoms with Gasteiger partial charge in [-0.05, 0) is 29.8 Å². The van der Waals surface area contributed by atoms with E-state index in [-0.39, 0.29) is 31.2 Å². The second kappa shape index (κ2) is 8.47. The molecule has 0 aliphatic rings. The number of nitrogens with zero attached hydrogens (tertiary/aromatic N) is 1. The number of halogens is 2. The van der Waals surface area contributed by atoms with Crippen LogP contribution in [0.3, 0.4) is 0 Å². The minimum atomic E-state index is -2.89. The lowest BCUT2D eigenvalue weighted by molar-refractivity contribution is -0.121. The number of alkyl halides is 2. The summed E-state index contributed by atoms with van der Waals surface area (Å²) in [4.78, 5) is 38.2. The first-order valence-electron chi connectivity index (χ1n) is 8.46. The summed E-state index contributed by atoms with van der Waals surface area (Å²) in [6, 6.07) is 12.6. The molecule has 0 spiro atoms. The average molecular weight is 389 g/mol. The van der Waals surface area contributed by atoms with Crippen LogP contribution >= 0.6 is 0 Å². The Hall–Kier alpha value is -3.49. The third-order valence-electron chi connectivity index (χ3n) is 4.11. The third kappa shape index (κ3) is 4.61. The monoisotopic (exact) mass is 389 g/mol. The summed E-state index contributed by atoms with van der Waals surface area (Å²) in [7, 11) is 0. The largest absolute Gasteiger partial charge is 0.435 e. The molecule has 0 fully saturated rings. The molecular formula is C19H17F2N3O4. The van der Waals surface area contributed by atoms with E-state index >= 15 is 0 Å². The molecule has 146 valence electrons. The average Bonchev–Trinajstić information content (AvgIpc) is 2.67. The normalized spacial score (nSPS) is 11.0. The Balaban J connectivity index is 1.60. The minimum absolute atomic E-state index is 0.0303. The second-order valence-electron chi connectivity index (χ2n) is 5.98. The highest BCUT2D eigenvalue weighted by atomic mass is 19.3. The van der Waals surface area contributed by atoms with Crippen molar-refractivity contribution in [2.45, 2.75) is 26.1 Å². The van der Waals surface area contributed by atoms with E-state index in [0.29, 0.717) is 16.5 Å². The molecule has 3 aromatic rings. The van der Waals surface area contributed by atoms with Crippen LogP contribution in [0.25, 0.3) is 10.9 Å². The van der Waals surface area contributed by atoms with E-state index in [1.54, 1.807) is 36.4 Å². The summed E-state index contributed by atoms with van der Waals surface area (Å²) in [5.41, 5.74) is 0.118. The lowest BCUT2D eigenvalue weighted by atomic mass is 10.2. The molecule has 2 N–H and O–H groups in total. The Bertz CT molecular complexity index is 1090. The highest BCUT2D eigenvalue weighted by Gasteiger charge is 2.09. The van der Waals surface area contributed by atoms with Crippen LogP contribution in [-0.4, -0.2) is 22.1 Å². The lowest BCUT2D eigenvalue weighted by Gasteiger charge is -2.10. The van der Waals surface area contributed by atoms with Crippen molar-refractivity contribution in [3.8, 4) is 5.75 Å². The van der Waals surface area contributed by atoms with Crippen molar-refractivity contribution in [1.29, 1.82) is 0 Å². The number of rotatable bonds is 7. The number of aromatic nitrogens is 2. The standard InChI is InChI=1S/C19H17F2N3O4/c20-18(21)28-13-7-5-12(6-8-13)11-22-16(25)9-10-24-15-4-2-1-3-14(15)17(26)23-19(24)27/h1-8,18H,9-11H2,(H,22,25)(H,23,26,27). The topological polar surface area (TPSA) is 93.2 Å². The Morgan fingerprint density at radius 2 is 1.82 bits per heavy atom. The molecule has 7 nitrogen and oxygen atoms in total. The molecule has 1 amide bonds. The van der Waals surface area contributed by atoms with Crippen LogP contribution < -0.4 is 21.3 Å². The van der Waals surface area contributed by atoms with Crippen molar-refractivity contribution >= 4 is 16.8 Å². The van der Waals surface area contributed by atoms with Crippen LogP contribution in [-0.2, 0) is 17.9 Å². The first kappa shape index (κ1) is 19.3. The molecule has 0 saturated heterocycles. The van der Waals surface area contributed by atoms with Gasteiger partial charge in [0.05, 0.1) is 10.9 Å². The van der Waals surface area contributed by atoms with Crippen molar-refractivity contribution in [2.75, 3.05) is 0 Å². The summed E-state index contributed by atoms with van der Waals surface area (Å²) in [5, 5.41) is 3.06. The van der Waals surface area contributed by atoms with Crippen LogP contribution in [0.4, 0.5) is 8.78 Å². The van der Waals surface area contributed by atoms with Gasteiger partial charge in [-0.15, -0.1) is 0 Å². The fourth-order valence-corrected chi connectivity index (χ4v) is 2.76. The number of fused-ring (bicyclic) bond motifs is 1. The molecule has 0 aliphatic heterocycles. The van der Waals surface area contributed by atoms with Gasteiger partial charge in [0, 0.05) is 19.5 Å². The zero-order valence-corrected chi connectivity index (χ0v) is 14.7. The minimum Gasteiger partial charge on any atom is -0.435 e. The molecule has 1 heterocycles. The number of para-hydroxylation sites is 1. The van der Waals surface area contributed by atoms with Crippen molar-refractivity contribution in [3.63, 3.8) is 0 Å². The molecular weight excluding hydrogens is 372 g/mol. The SMILES string of the molecule is O=C(CCn1c(=O)[nH]c(=O)c2ccccc21)NCc1ccc(OC(F)F)cc1. The highest BCUT2D eigenvalue weighted by molar-refractivity contribution is 5.78. The molecule has 2 aromatic carbocycles. The van der Waals surface area contributed by atoms with Gasteiger partial charge in [0.1, 0.15) is 5.75 Å². The number of aromatic amines is 1. The third-order valence-corrected chi connectivity index (χ3v) is 4.11. The molecule has 1 aromatic heterocycles. The van der Waals surface area contributed by atoms with Crippen LogP contribution in [0, 0.1) is 0 Å². The van der Waals surface area contributed by atoms with E-state index in [1.807, 2.05) is 0 Å². The molecule has 0 unspecified atom stereocenters. The molecule has 9 heteroatoms. The highest BCUT2D eigenvalue weighted by Crippen LogP contribution is 2.14. The van der Waals surface area contributed by atoms with Gasteiger partial charge in [-0.1, -0.05) is 24.3 Å². The van der Waals surface area contributed by atoms with E-state index in [1.165, 1.54) is 16.7 Å². The van der Waals surface area contributed by atoms with Gasteiger partial charge in [-0.3, -0.25) is 19.1 Å². The van der Waals surface area contributed by atoms with Crippen molar-refractivity contribution in [1.82, 2.24) is 14.9 Å². The van der Waals surface area contributed by atoms with E-state index < -0.39 is 17.9 Å². The zero-order valence-electron chi connectivity index (χ0n) is 14.7. The lowest BCUT2D eigenvalue weighted by Crippen LogP contribution is -2.32. The number of hydrogen-bond donors (Lipinski definition) is 2. The molecule has 3 rings (SSSR count). The van der Waals surface area contributed by atoms with E-state index in [0.717, 1.165) is 0 Å². The Morgan fingerprint density at radius 1 is 1.11 bits per heavy atom. The van der Waals surface area contributed by atoms with Gasteiger partial charge in [-0.25, -0.2) is 4.79 Å². The number of carbonyl (C=O) groups is 1. The van der Waals surface area contributed by atoms with Gasteiger partial charge in [-0.2, -0.15) is 8.78 Å². The van der Waals surface area contributed by atoms with Gasteiger partial charge in [0.2, 0.25) is 5.91 Å². The summed E-state index contributed by atoms with van der Waals surface area (Å²) in [5.74, 6) is -0.260. The Morgan fingerprint density at radius 3 is 2.54 bits per heavy atom. The fraction of sp³-hybridized carbons (Fsp3) is 0.211. The predicted molar refractivity (Wildman–Crippen MR) is 98.4 cm³/mol. The van der Waals surface area contributed by atoms with Crippen LogP contribution in [0.15, 0.2) is 58.1 Å². The number of nitrogens with one attached hydrogen (secondary N) is 2. The maximum absolute atomic E-state index is 12.1. The first-order valence-corrected chi connectivity index (χ1v) is 8.46. The number of H-pyrrole nitrogens is 1. The van der Waals surface area contributed by atoms with Crippen molar-refractivity contribution in [3.05, 3.63) is 74.9 Å². The smallest absolute Gasteiger partial charge is 0.387 e. The summed E-state index contributed by atoms with van der Waals surface area (Å²) < 4.78 is 29.8. The van der Waals surface area contributed by atoms with Gasteiger partial charge in [0.15, 0.2) is 0 Å². The Labute approximate surface area is 157 Å². The summed E-state index contributed by atoms with van der Waals surface area (Å²) in [6.07, 6.45) is 0.0303. The van der Waals surface area contributed by atoms with Crippen LogP contribution in [0.2, 0.25) is 0 Å². The number of carbonyl (C=O) groups excluding carboxylic acids is 1. The van der Waals surface area contributed by atoms with E-state index in [9.17, 15) is 23.2 Å². The number of aryl methyl sites for hydroxylation is 1. The second-order valence-corrected chi connectivity index (χ2v) is 5.98. The van der Waals surface area contributed by atoms with Gasteiger partial charge in [0.25, 0.3) is 5.56 Å². The number of amides is 1. The molecule has 0 bridgehead atoms. The molecule has 28 heavy (non-hydrogen) atoms. The maximum atomic E-state index is 12.1. The fourth-order valence-electron chi connectivity index (χ4n) is 2.76. The van der Waals surface area contributed by atoms with E-state index in [2.05, 4.69) is 15.0 Å². The quantitative estimate of drug-likeness (QED) is 0.646. The zero-order chi connectivity index (χ0) is 20.1. The number of benzene rings is 2. The maximum Gasteiger partial charge on any atom is 0.387 e. The van der Waals surface area contributed by atoms with Crippen molar-refractivity contribution < 1.29 is 18.3 Å². The summed E-state index contributed by atoms with van der Waals surface area (Å²) in [6.45, 7) is -2.59. The van der Waals surface area contributed by atoms with Gasteiger partial charge < -0.3 is 10.1 Å². The van der Waals surface area contributed by atoms with Gasteiger partial charge >= 0.3 is 12.3 Å². The summed E-state index contributed by atoms with van der Waals surface area (Å²) >= 11 is 0. The molecule has 0 radical (unpaired) electrons. The molecule has 0 aliphatic carbocycles. The number of hydrogen-bond acceptors (Lipinski definition) is 4. The van der Waals surface area contributed by atoms with Crippen LogP contribution in [0.5, 0.6) is 5.75 Å². The van der Waals surface area contributed by atoms with E-state index in [4.69, 9.17) is 0 Å². The molecule has 0 saturated carbocycles. The van der Waals surface area contributed by atoms with Crippen molar-refractivity contribution in [2.24, 2.45) is 0 Å². The Kier molecular flexibility index (Phi) is 5.83. The van der Waals surface area contributed by atoms with Crippen LogP contribution in [0.1, 0.15) is 12.0 Å².